The van der Waals surface area contributed by atoms with Gasteiger partial charge in [0.05, 0.1) is 12.3 Å². The first kappa shape index (κ1) is 16.5. The molecule has 0 atom stereocenters. The molecule has 7 heteroatoms. The van der Waals surface area contributed by atoms with Gasteiger partial charge in [-0.25, -0.2) is 13.6 Å². The molecule has 0 unspecified atom stereocenters. The molecule has 0 aromatic heterocycles. The Bertz CT molecular complexity index is 663. The first-order valence-electron chi connectivity index (χ1n) is 6.94. The van der Waals surface area contributed by atoms with Gasteiger partial charge in [-0.05, 0) is 43.3 Å². The number of carbonyl (C=O) groups is 1. The van der Waals surface area contributed by atoms with Crippen LogP contribution in [0, 0.1) is 11.6 Å². The number of anilines is 1. The van der Waals surface area contributed by atoms with Gasteiger partial charge in [-0.2, -0.15) is 0 Å². The van der Waals surface area contributed by atoms with E-state index in [0.29, 0.717) is 18.4 Å². The average Bonchev–Trinajstić information content (AvgIpc) is 2.52. The highest BCUT2D eigenvalue weighted by atomic mass is 19.1. The van der Waals surface area contributed by atoms with Crippen molar-refractivity contribution in [3.63, 3.8) is 0 Å². The molecule has 0 spiro atoms. The molecule has 0 bridgehead atoms. The molecule has 0 fully saturated rings. The van der Waals surface area contributed by atoms with Crippen molar-refractivity contribution >= 4 is 11.7 Å². The van der Waals surface area contributed by atoms with Crippen molar-refractivity contribution in [2.75, 3.05) is 18.7 Å². The molecule has 0 aliphatic rings. The van der Waals surface area contributed by atoms with Gasteiger partial charge in [0.25, 0.3) is 0 Å². The molecular formula is C16H16F2N2O3. The van der Waals surface area contributed by atoms with Crippen molar-refractivity contribution in [3.05, 3.63) is 54.1 Å². The van der Waals surface area contributed by atoms with E-state index in [1.807, 2.05) is 6.92 Å². The fourth-order valence-corrected chi connectivity index (χ4v) is 1.74. The van der Waals surface area contributed by atoms with Gasteiger partial charge in [0.2, 0.25) is 0 Å². The summed E-state index contributed by atoms with van der Waals surface area (Å²) in [4.78, 5) is 11.6. The molecule has 23 heavy (non-hydrogen) atoms. The molecule has 2 amide bonds. The molecule has 2 N–H and O–H groups in total. The topological polar surface area (TPSA) is 59.6 Å². The number of hydrogen-bond donors (Lipinski definition) is 2. The van der Waals surface area contributed by atoms with E-state index in [9.17, 15) is 13.6 Å². The molecule has 122 valence electrons. The van der Waals surface area contributed by atoms with E-state index in [-0.39, 0.29) is 12.4 Å². The largest absolute Gasteiger partial charge is 0.494 e. The van der Waals surface area contributed by atoms with E-state index in [0.717, 1.165) is 17.9 Å². The van der Waals surface area contributed by atoms with Gasteiger partial charge in [-0.1, -0.05) is 0 Å². The highest BCUT2D eigenvalue weighted by Crippen LogP contribution is 2.17. The Kier molecular flexibility index (Phi) is 5.74. The van der Waals surface area contributed by atoms with Crippen molar-refractivity contribution in [2.24, 2.45) is 0 Å². The van der Waals surface area contributed by atoms with Gasteiger partial charge in [0.15, 0.2) is 6.73 Å². The average molecular weight is 322 g/mol. The molecule has 5 nitrogen and oxygen atoms in total. The molecule has 0 aliphatic heterocycles. The van der Waals surface area contributed by atoms with Gasteiger partial charge >= 0.3 is 6.03 Å². The van der Waals surface area contributed by atoms with Crippen LogP contribution < -0.4 is 20.1 Å². The first-order chi connectivity index (χ1) is 11.1. The highest BCUT2D eigenvalue weighted by Gasteiger charge is 2.07. The molecule has 0 aliphatic carbocycles. The van der Waals surface area contributed by atoms with Crippen LogP contribution in [0.25, 0.3) is 0 Å². The van der Waals surface area contributed by atoms with Crippen LogP contribution in [0.5, 0.6) is 11.5 Å². The normalized spacial score (nSPS) is 10.0. The lowest BCUT2D eigenvalue weighted by atomic mass is 10.3. The van der Waals surface area contributed by atoms with E-state index in [1.54, 1.807) is 24.3 Å². The molecule has 2 rings (SSSR count). The number of benzene rings is 2. The maximum absolute atomic E-state index is 13.4. The van der Waals surface area contributed by atoms with E-state index in [1.165, 1.54) is 0 Å². The predicted octanol–water partition coefficient (Wildman–Crippen LogP) is 3.52. The summed E-state index contributed by atoms with van der Waals surface area (Å²) >= 11 is 0. The zero-order valence-corrected chi connectivity index (χ0v) is 12.4. The minimum absolute atomic E-state index is 0.109. The number of carbonyl (C=O) groups excluding carboxylic acids is 1. The minimum atomic E-state index is -0.854. The number of nitrogens with one attached hydrogen (secondary N) is 2. The maximum atomic E-state index is 13.4. The van der Waals surface area contributed by atoms with Gasteiger partial charge in [-0.15, -0.1) is 0 Å². The van der Waals surface area contributed by atoms with Gasteiger partial charge in [0, 0.05) is 6.07 Å². The molecular weight excluding hydrogens is 306 g/mol. The Hall–Kier alpha value is -2.83. The fourth-order valence-electron chi connectivity index (χ4n) is 1.74. The zero-order valence-electron chi connectivity index (χ0n) is 12.4. The highest BCUT2D eigenvalue weighted by molar-refractivity contribution is 5.89. The molecule has 0 radical (unpaired) electrons. The summed E-state index contributed by atoms with van der Waals surface area (Å²) in [7, 11) is 0. The number of amides is 2. The van der Waals surface area contributed by atoms with Gasteiger partial charge < -0.3 is 20.1 Å². The summed E-state index contributed by atoms with van der Waals surface area (Å²) in [5.41, 5.74) is -0.120. The number of halogens is 2. The quantitative estimate of drug-likeness (QED) is 0.800. The Morgan fingerprint density at radius 3 is 2.30 bits per heavy atom. The van der Waals surface area contributed by atoms with Crippen LogP contribution in [0.2, 0.25) is 0 Å². The second kappa shape index (κ2) is 7.98. The number of urea groups is 1. The second-order valence-corrected chi connectivity index (χ2v) is 4.45. The lowest BCUT2D eigenvalue weighted by molar-refractivity contribution is 0.234. The smallest absolute Gasteiger partial charge is 0.321 e. The first-order valence-corrected chi connectivity index (χ1v) is 6.94. The Balaban J connectivity index is 1.78. The monoisotopic (exact) mass is 322 g/mol. The summed E-state index contributed by atoms with van der Waals surface area (Å²) in [6.45, 7) is 2.35. The van der Waals surface area contributed by atoms with Crippen molar-refractivity contribution in [1.29, 1.82) is 0 Å². The lowest BCUT2D eigenvalue weighted by Gasteiger charge is -2.10. The third-order valence-corrected chi connectivity index (χ3v) is 2.79. The molecule has 2 aromatic carbocycles. The van der Waals surface area contributed by atoms with Crippen LogP contribution in [-0.2, 0) is 0 Å². The number of hydrogen-bond acceptors (Lipinski definition) is 3. The van der Waals surface area contributed by atoms with Gasteiger partial charge in [-0.3, -0.25) is 0 Å². The maximum Gasteiger partial charge on any atom is 0.321 e. The van der Waals surface area contributed by atoms with Crippen LogP contribution in [0.15, 0.2) is 42.5 Å². The fraction of sp³-hybridized carbons (Fsp3) is 0.188. The SMILES string of the molecule is CCOc1ccc(OCNC(=O)Nc2ccc(F)cc2F)cc1. The lowest BCUT2D eigenvalue weighted by Crippen LogP contribution is -2.32. The van der Waals surface area contributed by atoms with Crippen molar-refractivity contribution < 1.29 is 23.0 Å². The van der Waals surface area contributed by atoms with Crippen LogP contribution in [0.3, 0.4) is 0 Å². The van der Waals surface area contributed by atoms with Gasteiger partial charge in [0.1, 0.15) is 23.1 Å². The predicted molar refractivity (Wildman–Crippen MR) is 81.6 cm³/mol. The molecule has 2 aromatic rings. The Morgan fingerprint density at radius 1 is 1.04 bits per heavy atom. The van der Waals surface area contributed by atoms with Crippen LogP contribution in [0.4, 0.5) is 19.3 Å². The summed E-state index contributed by atoms with van der Waals surface area (Å²) in [5.74, 6) is -0.307. The molecule has 0 heterocycles. The van der Waals surface area contributed by atoms with Crippen LogP contribution >= 0.6 is 0 Å². The third kappa shape index (κ3) is 5.14. The van der Waals surface area contributed by atoms with E-state index < -0.39 is 17.7 Å². The number of ether oxygens (including phenoxy) is 2. The molecule has 0 saturated carbocycles. The van der Waals surface area contributed by atoms with Crippen molar-refractivity contribution in [2.45, 2.75) is 6.92 Å². The van der Waals surface area contributed by atoms with Crippen LogP contribution in [-0.4, -0.2) is 19.4 Å². The Morgan fingerprint density at radius 2 is 1.70 bits per heavy atom. The standard InChI is InChI=1S/C16H16F2N2O3/c1-2-22-12-4-6-13(7-5-12)23-10-19-16(21)20-15-8-3-11(17)9-14(15)18/h3-9H,2,10H2,1H3,(H2,19,20,21). The zero-order chi connectivity index (χ0) is 16.7. The summed E-state index contributed by atoms with van der Waals surface area (Å²) in [6.07, 6.45) is 0. The summed E-state index contributed by atoms with van der Waals surface area (Å²) < 4.78 is 36.7. The second-order valence-electron chi connectivity index (χ2n) is 4.45. The van der Waals surface area contributed by atoms with Crippen LogP contribution in [0.1, 0.15) is 6.92 Å². The van der Waals surface area contributed by atoms with E-state index in [2.05, 4.69) is 10.6 Å². The van der Waals surface area contributed by atoms with E-state index >= 15 is 0 Å². The summed E-state index contributed by atoms with van der Waals surface area (Å²) in [6, 6.07) is 9.09. The Labute approximate surface area is 132 Å². The van der Waals surface area contributed by atoms with Crippen molar-refractivity contribution in [3.8, 4) is 11.5 Å². The number of rotatable bonds is 6. The minimum Gasteiger partial charge on any atom is -0.494 e. The molecule has 0 saturated heterocycles. The van der Waals surface area contributed by atoms with Crippen molar-refractivity contribution in [1.82, 2.24) is 5.32 Å². The third-order valence-electron chi connectivity index (χ3n) is 2.79. The van der Waals surface area contributed by atoms with E-state index in [4.69, 9.17) is 9.47 Å². The summed E-state index contributed by atoms with van der Waals surface area (Å²) in [5, 5.41) is 4.66.